The molecule has 3 aromatic rings. The summed E-state index contributed by atoms with van der Waals surface area (Å²) < 4.78 is 1.93. The number of benzene rings is 1. The topological polar surface area (TPSA) is 59.8 Å². The molecule has 5 heteroatoms. The van der Waals surface area contributed by atoms with Crippen LogP contribution in [-0.2, 0) is 6.42 Å². The first-order valence-corrected chi connectivity index (χ1v) is 7.93. The Kier molecular flexibility index (Phi) is 4.37. The third-order valence-electron chi connectivity index (χ3n) is 3.74. The van der Waals surface area contributed by atoms with Gasteiger partial charge >= 0.3 is 0 Å². The number of aldehydes is 1. The van der Waals surface area contributed by atoms with Crippen LogP contribution in [0.4, 0.5) is 5.82 Å². The van der Waals surface area contributed by atoms with Crippen molar-refractivity contribution in [1.82, 2.24) is 14.5 Å². The highest BCUT2D eigenvalue weighted by Crippen LogP contribution is 2.24. The number of aryl methyl sites for hydroxylation is 1. The van der Waals surface area contributed by atoms with Gasteiger partial charge in [-0.2, -0.15) is 0 Å². The van der Waals surface area contributed by atoms with Crippen molar-refractivity contribution in [2.24, 2.45) is 0 Å². The van der Waals surface area contributed by atoms with Gasteiger partial charge in [0.05, 0.1) is 5.52 Å². The van der Waals surface area contributed by atoms with E-state index in [1.807, 2.05) is 35.2 Å². The fourth-order valence-electron chi connectivity index (χ4n) is 2.51. The monoisotopic (exact) mass is 308 g/mol. The molecular formula is C18H20N4O. The van der Waals surface area contributed by atoms with Crippen LogP contribution in [0, 0.1) is 0 Å². The highest BCUT2D eigenvalue weighted by Gasteiger charge is 2.08. The van der Waals surface area contributed by atoms with Gasteiger partial charge in [-0.15, -0.1) is 0 Å². The summed E-state index contributed by atoms with van der Waals surface area (Å²) in [4.78, 5) is 20.1. The third kappa shape index (κ3) is 3.08. The summed E-state index contributed by atoms with van der Waals surface area (Å²) in [5.74, 6) is 1.72. The molecule has 118 valence electrons. The molecule has 5 nitrogen and oxygen atoms in total. The minimum atomic E-state index is 0.660. The molecule has 0 saturated carbocycles. The Morgan fingerprint density at radius 3 is 2.78 bits per heavy atom. The molecule has 23 heavy (non-hydrogen) atoms. The van der Waals surface area contributed by atoms with Crippen molar-refractivity contribution in [3.05, 3.63) is 48.0 Å². The zero-order chi connectivity index (χ0) is 16.2. The highest BCUT2D eigenvalue weighted by atomic mass is 16.1. The van der Waals surface area contributed by atoms with Gasteiger partial charge in [-0.05, 0) is 30.7 Å². The van der Waals surface area contributed by atoms with Crippen LogP contribution in [0.3, 0.4) is 0 Å². The molecule has 0 aliphatic rings. The minimum Gasteiger partial charge on any atom is -0.369 e. The van der Waals surface area contributed by atoms with E-state index in [1.165, 1.54) is 0 Å². The molecule has 0 atom stereocenters. The summed E-state index contributed by atoms with van der Waals surface area (Å²) in [6, 6.07) is 7.87. The lowest BCUT2D eigenvalue weighted by Gasteiger charge is -2.11. The third-order valence-corrected chi connectivity index (χ3v) is 3.74. The van der Waals surface area contributed by atoms with E-state index in [0.717, 1.165) is 53.9 Å². The SMILES string of the molecule is CCCNc1nc(CC)nc2cc(-n3ccc(C=O)c3)ccc12. The number of hydrogen-bond acceptors (Lipinski definition) is 4. The molecule has 1 aromatic carbocycles. The van der Waals surface area contributed by atoms with Gasteiger partial charge in [0, 0.05) is 42.0 Å². The molecule has 0 unspecified atom stereocenters. The van der Waals surface area contributed by atoms with E-state index in [-0.39, 0.29) is 0 Å². The maximum absolute atomic E-state index is 10.8. The fourth-order valence-corrected chi connectivity index (χ4v) is 2.51. The van der Waals surface area contributed by atoms with E-state index >= 15 is 0 Å². The van der Waals surface area contributed by atoms with Gasteiger partial charge in [-0.25, -0.2) is 9.97 Å². The maximum atomic E-state index is 10.8. The Labute approximate surface area is 135 Å². The van der Waals surface area contributed by atoms with Crippen molar-refractivity contribution < 1.29 is 4.79 Å². The first kappa shape index (κ1) is 15.2. The van der Waals surface area contributed by atoms with E-state index in [9.17, 15) is 4.79 Å². The predicted octanol–water partition coefficient (Wildman–Crippen LogP) is 3.62. The van der Waals surface area contributed by atoms with E-state index < -0.39 is 0 Å². The minimum absolute atomic E-state index is 0.660. The second-order valence-electron chi connectivity index (χ2n) is 5.44. The second-order valence-corrected chi connectivity index (χ2v) is 5.44. The molecule has 0 amide bonds. The predicted molar refractivity (Wildman–Crippen MR) is 92.4 cm³/mol. The van der Waals surface area contributed by atoms with Crippen LogP contribution in [0.25, 0.3) is 16.6 Å². The molecule has 0 fully saturated rings. The quantitative estimate of drug-likeness (QED) is 0.707. The number of nitrogens with one attached hydrogen (secondary N) is 1. The van der Waals surface area contributed by atoms with Crippen molar-refractivity contribution >= 4 is 23.0 Å². The van der Waals surface area contributed by atoms with Crippen molar-refractivity contribution in [3.63, 3.8) is 0 Å². The average Bonchev–Trinajstić information content (AvgIpc) is 3.08. The van der Waals surface area contributed by atoms with Gasteiger partial charge in [0.2, 0.25) is 0 Å². The summed E-state index contributed by atoms with van der Waals surface area (Å²) in [5, 5.41) is 4.40. The van der Waals surface area contributed by atoms with Gasteiger partial charge in [0.15, 0.2) is 6.29 Å². The van der Waals surface area contributed by atoms with Gasteiger partial charge < -0.3 is 9.88 Å². The first-order chi connectivity index (χ1) is 11.2. The van der Waals surface area contributed by atoms with Crippen molar-refractivity contribution in [3.8, 4) is 5.69 Å². The number of rotatable bonds is 6. The first-order valence-electron chi connectivity index (χ1n) is 7.93. The number of nitrogens with zero attached hydrogens (tertiary/aromatic N) is 3. The Hall–Kier alpha value is -2.69. The van der Waals surface area contributed by atoms with E-state index in [2.05, 4.69) is 29.1 Å². The zero-order valence-corrected chi connectivity index (χ0v) is 13.4. The smallest absolute Gasteiger partial charge is 0.151 e. The Bertz CT molecular complexity index is 838. The number of hydrogen-bond donors (Lipinski definition) is 1. The van der Waals surface area contributed by atoms with Crippen LogP contribution >= 0.6 is 0 Å². The van der Waals surface area contributed by atoms with E-state index in [1.54, 1.807) is 6.07 Å². The second kappa shape index (κ2) is 6.60. The van der Waals surface area contributed by atoms with Gasteiger partial charge in [0.1, 0.15) is 11.6 Å². The molecule has 2 aromatic heterocycles. The van der Waals surface area contributed by atoms with Crippen molar-refractivity contribution in [1.29, 1.82) is 0 Å². The summed E-state index contributed by atoms with van der Waals surface area (Å²) in [6.07, 6.45) is 6.37. The molecule has 0 aliphatic heterocycles. The molecule has 2 heterocycles. The van der Waals surface area contributed by atoms with Crippen molar-refractivity contribution in [2.45, 2.75) is 26.7 Å². The van der Waals surface area contributed by atoms with E-state index in [4.69, 9.17) is 0 Å². The number of carbonyl (C=O) groups excluding carboxylic acids is 1. The van der Waals surface area contributed by atoms with Crippen LogP contribution in [0.1, 0.15) is 36.5 Å². The van der Waals surface area contributed by atoms with Crippen LogP contribution in [-0.4, -0.2) is 27.4 Å². The number of anilines is 1. The number of fused-ring (bicyclic) bond motifs is 1. The molecular weight excluding hydrogens is 288 g/mol. The molecule has 1 N–H and O–H groups in total. The largest absolute Gasteiger partial charge is 0.369 e. The summed E-state index contributed by atoms with van der Waals surface area (Å²) in [6.45, 7) is 5.07. The van der Waals surface area contributed by atoms with Crippen LogP contribution in [0.2, 0.25) is 0 Å². The lowest BCUT2D eigenvalue weighted by Crippen LogP contribution is -2.06. The molecule has 3 rings (SSSR count). The number of aromatic nitrogens is 3. The molecule has 0 bridgehead atoms. The van der Waals surface area contributed by atoms with Crippen LogP contribution in [0.15, 0.2) is 36.7 Å². The van der Waals surface area contributed by atoms with Gasteiger partial charge in [-0.3, -0.25) is 4.79 Å². The standard InChI is InChI=1S/C18H20N4O/c1-3-8-19-18-15-6-5-14(22-9-7-13(11-22)12-23)10-16(15)20-17(4-2)21-18/h5-7,9-12H,3-4,8H2,1-2H3,(H,19,20,21). The van der Waals surface area contributed by atoms with E-state index in [0.29, 0.717) is 5.56 Å². The van der Waals surface area contributed by atoms with Gasteiger partial charge in [-0.1, -0.05) is 13.8 Å². The Morgan fingerprint density at radius 2 is 2.09 bits per heavy atom. The lowest BCUT2D eigenvalue weighted by atomic mass is 10.2. The lowest BCUT2D eigenvalue weighted by molar-refractivity contribution is 0.112. The highest BCUT2D eigenvalue weighted by molar-refractivity contribution is 5.90. The zero-order valence-electron chi connectivity index (χ0n) is 13.4. The molecule has 0 aliphatic carbocycles. The fraction of sp³-hybridized carbons (Fsp3) is 0.278. The van der Waals surface area contributed by atoms with Crippen LogP contribution in [0.5, 0.6) is 0 Å². The summed E-state index contributed by atoms with van der Waals surface area (Å²) in [5.41, 5.74) is 2.55. The Balaban J connectivity index is 2.08. The molecule has 0 radical (unpaired) electrons. The summed E-state index contributed by atoms with van der Waals surface area (Å²) in [7, 11) is 0. The Morgan fingerprint density at radius 1 is 1.22 bits per heavy atom. The molecule has 0 spiro atoms. The normalized spacial score (nSPS) is 10.9. The molecule has 0 saturated heterocycles. The van der Waals surface area contributed by atoms with Crippen molar-refractivity contribution in [2.75, 3.05) is 11.9 Å². The van der Waals surface area contributed by atoms with Crippen LogP contribution < -0.4 is 5.32 Å². The van der Waals surface area contributed by atoms with Gasteiger partial charge in [0.25, 0.3) is 0 Å². The maximum Gasteiger partial charge on any atom is 0.151 e. The summed E-state index contributed by atoms with van der Waals surface area (Å²) >= 11 is 0. The average molecular weight is 308 g/mol. The number of carbonyl (C=O) groups is 1.